The van der Waals surface area contributed by atoms with Gasteiger partial charge in [-0.3, -0.25) is 0 Å². The van der Waals surface area contributed by atoms with Crippen LogP contribution in [0.4, 0.5) is 4.39 Å². The van der Waals surface area contributed by atoms with Gasteiger partial charge < -0.3 is 5.32 Å². The molecule has 1 aromatic carbocycles. The zero-order valence-electron chi connectivity index (χ0n) is 9.41. The Hall–Kier alpha value is -1.33. The van der Waals surface area contributed by atoms with Crippen molar-refractivity contribution in [3.8, 4) is 12.3 Å². The van der Waals surface area contributed by atoms with Gasteiger partial charge in [0.05, 0.1) is 6.04 Å². The van der Waals surface area contributed by atoms with E-state index in [1.807, 2.05) is 13.0 Å². The van der Waals surface area contributed by atoms with Gasteiger partial charge in [-0.05, 0) is 43.4 Å². The highest BCUT2D eigenvalue weighted by Gasteiger charge is 2.30. The molecule has 16 heavy (non-hydrogen) atoms. The van der Waals surface area contributed by atoms with Gasteiger partial charge in [-0.2, -0.15) is 0 Å². The fourth-order valence-corrected chi connectivity index (χ4v) is 2.19. The lowest BCUT2D eigenvalue weighted by Gasteiger charge is -2.37. The molecule has 1 aliphatic rings. The van der Waals surface area contributed by atoms with Crippen molar-refractivity contribution in [2.45, 2.75) is 37.8 Å². The molecule has 2 rings (SSSR count). The van der Waals surface area contributed by atoms with Gasteiger partial charge in [-0.15, -0.1) is 6.42 Å². The van der Waals surface area contributed by atoms with Crippen LogP contribution >= 0.6 is 0 Å². The van der Waals surface area contributed by atoms with Crippen LogP contribution in [-0.2, 0) is 0 Å². The third-order valence-electron chi connectivity index (χ3n) is 3.19. The highest BCUT2D eigenvalue weighted by molar-refractivity contribution is 5.24. The van der Waals surface area contributed by atoms with E-state index < -0.39 is 0 Å². The number of terminal acetylenes is 1. The van der Waals surface area contributed by atoms with Crippen LogP contribution in [0.1, 0.15) is 31.2 Å². The SMILES string of the molecule is C#CC(C)NC1CC(c2cccc(F)c2)C1. The largest absolute Gasteiger partial charge is 0.301 e. The number of hydrogen-bond donors (Lipinski definition) is 1. The van der Waals surface area contributed by atoms with Crippen molar-refractivity contribution in [3.05, 3.63) is 35.6 Å². The minimum Gasteiger partial charge on any atom is -0.301 e. The highest BCUT2D eigenvalue weighted by Crippen LogP contribution is 2.37. The predicted molar refractivity (Wildman–Crippen MR) is 63.6 cm³/mol. The molecular formula is C14H16FN. The van der Waals surface area contributed by atoms with E-state index in [2.05, 4.69) is 11.2 Å². The number of rotatable bonds is 3. The first kappa shape index (κ1) is 11.2. The van der Waals surface area contributed by atoms with Gasteiger partial charge in [0.2, 0.25) is 0 Å². The van der Waals surface area contributed by atoms with E-state index in [-0.39, 0.29) is 11.9 Å². The number of benzene rings is 1. The summed E-state index contributed by atoms with van der Waals surface area (Å²) in [6.07, 6.45) is 7.40. The maximum absolute atomic E-state index is 13.0. The molecule has 1 unspecified atom stereocenters. The van der Waals surface area contributed by atoms with Gasteiger partial charge in [0, 0.05) is 6.04 Å². The van der Waals surface area contributed by atoms with Crippen LogP contribution in [0.2, 0.25) is 0 Å². The molecular weight excluding hydrogens is 201 g/mol. The Morgan fingerprint density at radius 3 is 2.88 bits per heavy atom. The molecule has 0 saturated heterocycles. The average molecular weight is 217 g/mol. The Balaban J connectivity index is 1.87. The Labute approximate surface area is 96.1 Å². The third kappa shape index (κ3) is 2.43. The topological polar surface area (TPSA) is 12.0 Å². The Morgan fingerprint density at radius 2 is 2.25 bits per heavy atom. The maximum Gasteiger partial charge on any atom is 0.123 e. The van der Waals surface area contributed by atoms with Crippen LogP contribution in [-0.4, -0.2) is 12.1 Å². The summed E-state index contributed by atoms with van der Waals surface area (Å²) in [6.45, 7) is 1.98. The second-order valence-electron chi connectivity index (χ2n) is 4.48. The van der Waals surface area contributed by atoms with Crippen LogP contribution in [0, 0.1) is 18.2 Å². The summed E-state index contributed by atoms with van der Waals surface area (Å²) in [6, 6.07) is 7.49. The third-order valence-corrected chi connectivity index (χ3v) is 3.19. The van der Waals surface area contributed by atoms with E-state index in [1.165, 1.54) is 6.07 Å². The molecule has 1 N–H and O–H groups in total. The van der Waals surface area contributed by atoms with Crippen LogP contribution in [0.5, 0.6) is 0 Å². The molecule has 0 radical (unpaired) electrons. The summed E-state index contributed by atoms with van der Waals surface area (Å²) < 4.78 is 13.0. The quantitative estimate of drug-likeness (QED) is 0.768. The molecule has 2 heteroatoms. The molecule has 1 nitrogen and oxygen atoms in total. The van der Waals surface area contributed by atoms with Crippen molar-refractivity contribution < 1.29 is 4.39 Å². The lowest BCUT2D eigenvalue weighted by molar-refractivity contribution is 0.283. The second kappa shape index (κ2) is 4.67. The summed E-state index contributed by atoms with van der Waals surface area (Å²) >= 11 is 0. The highest BCUT2D eigenvalue weighted by atomic mass is 19.1. The fourth-order valence-electron chi connectivity index (χ4n) is 2.19. The molecule has 84 valence electrons. The summed E-state index contributed by atoms with van der Waals surface area (Å²) in [4.78, 5) is 0. The smallest absolute Gasteiger partial charge is 0.123 e. The van der Waals surface area contributed by atoms with Crippen molar-refractivity contribution in [3.63, 3.8) is 0 Å². The van der Waals surface area contributed by atoms with E-state index in [0.717, 1.165) is 18.4 Å². The lowest BCUT2D eigenvalue weighted by Crippen LogP contribution is -2.43. The normalized spacial score (nSPS) is 25.6. The van der Waals surface area contributed by atoms with E-state index in [0.29, 0.717) is 12.0 Å². The van der Waals surface area contributed by atoms with Crippen LogP contribution in [0.3, 0.4) is 0 Å². The van der Waals surface area contributed by atoms with Crippen molar-refractivity contribution in [2.75, 3.05) is 0 Å². The molecule has 1 fully saturated rings. The van der Waals surface area contributed by atoms with E-state index >= 15 is 0 Å². The van der Waals surface area contributed by atoms with Crippen LogP contribution < -0.4 is 5.32 Å². The second-order valence-corrected chi connectivity index (χ2v) is 4.48. The standard InChI is InChI=1S/C14H16FN/c1-3-10(2)16-14-8-12(9-14)11-5-4-6-13(15)7-11/h1,4-7,10,12,14,16H,8-9H2,2H3. The van der Waals surface area contributed by atoms with E-state index in [9.17, 15) is 4.39 Å². The summed E-state index contributed by atoms with van der Waals surface area (Å²) in [5.74, 6) is 2.99. The molecule has 0 aliphatic heterocycles. The van der Waals surface area contributed by atoms with Gasteiger partial charge in [0.1, 0.15) is 5.82 Å². The summed E-state index contributed by atoms with van der Waals surface area (Å²) in [7, 11) is 0. The number of halogens is 1. The van der Waals surface area contributed by atoms with Crippen molar-refractivity contribution in [2.24, 2.45) is 0 Å². The summed E-state index contributed by atoms with van der Waals surface area (Å²) in [5, 5.41) is 3.35. The first-order valence-corrected chi connectivity index (χ1v) is 5.66. The minimum atomic E-state index is -0.147. The van der Waals surface area contributed by atoms with E-state index in [1.54, 1.807) is 12.1 Å². The fraction of sp³-hybridized carbons (Fsp3) is 0.429. The van der Waals surface area contributed by atoms with Gasteiger partial charge in [0.25, 0.3) is 0 Å². The van der Waals surface area contributed by atoms with Gasteiger partial charge >= 0.3 is 0 Å². The minimum absolute atomic E-state index is 0.124. The Morgan fingerprint density at radius 1 is 1.50 bits per heavy atom. The maximum atomic E-state index is 13.0. The number of hydrogen-bond acceptors (Lipinski definition) is 1. The zero-order chi connectivity index (χ0) is 11.5. The van der Waals surface area contributed by atoms with Crippen LogP contribution in [0.15, 0.2) is 24.3 Å². The van der Waals surface area contributed by atoms with Crippen molar-refractivity contribution in [1.82, 2.24) is 5.32 Å². The van der Waals surface area contributed by atoms with Crippen LogP contribution in [0.25, 0.3) is 0 Å². The molecule has 0 amide bonds. The van der Waals surface area contributed by atoms with Gasteiger partial charge in [0.15, 0.2) is 0 Å². The zero-order valence-corrected chi connectivity index (χ0v) is 9.41. The van der Waals surface area contributed by atoms with E-state index in [4.69, 9.17) is 6.42 Å². The molecule has 0 aromatic heterocycles. The molecule has 0 spiro atoms. The van der Waals surface area contributed by atoms with Crippen molar-refractivity contribution >= 4 is 0 Å². The molecule has 1 saturated carbocycles. The molecule has 1 atom stereocenters. The molecule has 1 aliphatic carbocycles. The first-order valence-electron chi connectivity index (χ1n) is 5.66. The molecule has 0 heterocycles. The first-order chi connectivity index (χ1) is 7.69. The monoisotopic (exact) mass is 217 g/mol. The van der Waals surface area contributed by atoms with Gasteiger partial charge in [-0.1, -0.05) is 18.1 Å². The Kier molecular flexibility index (Phi) is 3.26. The van der Waals surface area contributed by atoms with Crippen molar-refractivity contribution in [1.29, 1.82) is 0 Å². The Bertz CT molecular complexity index is 401. The lowest BCUT2D eigenvalue weighted by atomic mass is 9.75. The average Bonchev–Trinajstić information content (AvgIpc) is 2.22. The predicted octanol–water partition coefficient (Wildman–Crippen LogP) is 2.68. The molecule has 1 aromatic rings. The molecule has 0 bridgehead atoms. The van der Waals surface area contributed by atoms with Gasteiger partial charge in [-0.25, -0.2) is 4.39 Å². The summed E-state index contributed by atoms with van der Waals surface area (Å²) in [5.41, 5.74) is 1.10. The number of nitrogens with one attached hydrogen (secondary N) is 1.